The fourth-order valence-electron chi connectivity index (χ4n) is 2.77. The van der Waals surface area contributed by atoms with E-state index in [0.717, 1.165) is 5.56 Å². The third kappa shape index (κ3) is 5.83. The Hall–Kier alpha value is -3.32. The molecule has 0 aliphatic carbocycles. The minimum atomic E-state index is -0.171. The van der Waals surface area contributed by atoms with Gasteiger partial charge in [-0.1, -0.05) is 12.1 Å². The standard InChI is InChI=1S/C22H22N2O4S/c1-27-18-11-15(12-19(14-18)28-2)8-9-21(25)23-16-5-3-6-17(13-16)24-22(26)20-7-4-10-29-20/h3-7,10-14H,8-9H2,1-2H3,(H,23,25)(H,24,26). The molecule has 0 saturated heterocycles. The molecule has 0 saturated carbocycles. The minimum Gasteiger partial charge on any atom is -0.497 e. The number of rotatable bonds is 8. The van der Waals surface area contributed by atoms with Crippen LogP contribution >= 0.6 is 11.3 Å². The van der Waals surface area contributed by atoms with E-state index in [9.17, 15) is 9.59 Å². The van der Waals surface area contributed by atoms with Crippen LogP contribution in [0.25, 0.3) is 0 Å². The largest absolute Gasteiger partial charge is 0.497 e. The van der Waals surface area contributed by atoms with Crippen molar-refractivity contribution < 1.29 is 19.1 Å². The topological polar surface area (TPSA) is 76.7 Å². The Kier molecular flexibility index (Phi) is 6.86. The number of thiophene rings is 1. The molecule has 0 bridgehead atoms. The highest BCUT2D eigenvalue weighted by atomic mass is 32.1. The molecule has 0 aliphatic heterocycles. The van der Waals surface area contributed by atoms with Crippen molar-refractivity contribution in [3.63, 3.8) is 0 Å². The number of hydrogen-bond acceptors (Lipinski definition) is 5. The van der Waals surface area contributed by atoms with Crippen molar-refractivity contribution >= 4 is 34.5 Å². The lowest BCUT2D eigenvalue weighted by Crippen LogP contribution is -2.13. The van der Waals surface area contributed by atoms with Crippen molar-refractivity contribution in [1.29, 1.82) is 0 Å². The summed E-state index contributed by atoms with van der Waals surface area (Å²) in [5.74, 6) is 1.09. The molecule has 150 valence electrons. The molecule has 1 aromatic heterocycles. The zero-order valence-corrected chi connectivity index (χ0v) is 17.0. The molecule has 0 aliphatic rings. The maximum atomic E-state index is 12.4. The number of hydrogen-bond donors (Lipinski definition) is 2. The van der Waals surface area contributed by atoms with E-state index < -0.39 is 0 Å². The van der Waals surface area contributed by atoms with Gasteiger partial charge in [0.1, 0.15) is 11.5 Å². The number of benzene rings is 2. The molecule has 7 heteroatoms. The number of amides is 2. The Bertz CT molecular complexity index is 964. The molecule has 3 rings (SSSR count). The van der Waals surface area contributed by atoms with Crippen molar-refractivity contribution in [3.8, 4) is 11.5 Å². The van der Waals surface area contributed by atoms with E-state index in [1.165, 1.54) is 11.3 Å². The second kappa shape index (κ2) is 9.75. The summed E-state index contributed by atoms with van der Waals surface area (Å²) in [6.07, 6.45) is 0.857. The number of nitrogens with one attached hydrogen (secondary N) is 2. The lowest BCUT2D eigenvalue weighted by Gasteiger charge is -2.10. The van der Waals surface area contributed by atoms with Gasteiger partial charge in [-0.25, -0.2) is 0 Å². The molecular formula is C22H22N2O4S. The smallest absolute Gasteiger partial charge is 0.265 e. The zero-order chi connectivity index (χ0) is 20.6. The Morgan fingerprint density at radius 2 is 1.59 bits per heavy atom. The average molecular weight is 410 g/mol. The van der Waals surface area contributed by atoms with Crippen molar-refractivity contribution in [1.82, 2.24) is 0 Å². The van der Waals surface area contributed by atoms with Gasteiger partial charge in [0.15, 0.2) is 0 Å². The van der Waals surface area contributed by atoms with Gasteiger partial charge in [0, 0.05) is 23.9 Å². The van der Waals surface area contributed by atoms with E-state index in [-0.39, 0.29) is 11.8 Å². The molecule has 2 aromatic carbocycles. The fraction of sp³-hybridized carbons (Fsp3) is 0.182. The summed E-state index contributed by atoms with van der Waals surface area (Å²) >= 11 is 1.38. The van der Waals surface area contributed by atoms with E-state index in [2.05, 4.69) is 10.6 Å². The third-order valence-electron chi connectivity index (χ3n) is 4.20. The highest BCUT2D eigenvalue weighted by Gasteiger charge is 2.09. The van der Waals surface area contributed by atoms with E-state index in [1.807, 2.05) is 23.6 Å². The molecule has 0 atom stereocenters. The van der Waals surface area contributed by atoms with Crippen molar-refractivity contribution in [2.75, 3.05) is 24.9 Å². The van der Waals surface area contributed by atoms with E-state index in [1.54, 1.807) is 50.6 Å². The molecular weight excluding hydrogens is 388 g/mol. The number of carbonyl (C=O) groups is 2. The second-order valence-corrected chi connectivity index (χ2v) is 7.23. The van der Waals surface area contributed by atoms with Gasteiger partial charge < -0.3 is 20.1 Å². The van der Waals surface area contributed by atoms with Gasteiger partial charge in [-0.3, -0.25) is 9.59 Å². The fourth-order valence-corrected chi connectivity index (χ4v) is 3.39. The van der Waals surface area contributed by atoms with Crippen LogP contribution in [0.4, 0.5) is 11.4 Å². The van der Waals surface area contributed by atoms with Gasteiger partial charge in [0.2, 0.25) is 5.91 Å². The summed E-state index contributed by atoms with van der Waals surface area (Å²) < 4.78 is 10.5. The van der Waals surface area contributed by atoms with Crippen molar-refractivity contribution in [2.45, 2.75) is 12.8 Å². The summed E-state index contributed by atoms with van der Waals surface area (Å²) in [4.78, 5) is 25.2. The molecule has 2 amide bonds. The van der Waals surface area contributed by atoms with Crippen LogP contribution in [0, 0.1) is 0 Å². The third-order valence-corrected chi connectivity index (χ3v) is 5.07. The van der Waals surface area contributed by atoms with Crippen molar-refractivity contribution in [3.05, 3.63) is 70.4 Å². The van der Waals surface area contributed by atoms with E-state index in [0.29, 0.717) is 40.6 Å². The first kappa shape index (κ1) is 20.4. The van der Waals surface area contributed by atoms with E-state index >= 15 is 0 Å². The maximum absolute atomic E-state index is 12.4. The van der Waals surface area contributed by atoms with Crippen molar-refractivity contribution in [2.24, 2.45) is 0 Å². The lowest BCUT2D eigenvalue weighted by atomic mass is 10.1. The van der Waals surface area contributed by atoms with Crippen LogP contribution in [0.2, 0.25) is 0 Å². The Labute approximate surface area is 173 Å². The van der Waals surface area contributed by atoms with Gasteiger partial charge in [0.25, 0.3) is 5.91 Å². The lowest BCUT2D eigenvalue weighted by molar-refractivity contribution is -0.116. The second-order valence-electron chi connectivity index (χ2n) is 6.28. The average Bonchev–Trinajstić information content (AvgIpc) is 3.27. The van der Waals surface area contributed by atoms with Crippen LogP contribution < -0.4 is 20.1 Å². The molecule has 0 radical (unpaired) electrons. The highest BCUT2D eigenvalue weighted by Crippen LogP contribution is 2.23. The monoisotopic (exact) mass is 410 g/mol. The number of carbonyl (C=O) groups excluding carboxylic acids is 2. The molecule has 0 unspecified atom stereocenters. The molecule has 29 heavy (non-hydrogen) atoms. The predicted molar refractivity (Wildman–Crippen MR) is 115 cm³/mol. The first-order valence-corrected chi connectivity index (χ1v) is 9.92. The van der Waals surface area contributed by atoms with Crippen LogP contribution in [0.5, 0.6) is 11.5 Å². The van der Waals surface area contributed by atoms with Crippen LogP contribution in [0.3, 0.4) is 0 Å². The zero-order valence-electron chi connectivity index (χ0n) is 16.2. The molecule has 1 heterocycles. The number of methoxy groups -OCH3 is 2. The summed E-state index contributed by atoms with van der Waals surface area (Å²) in [5.41, 5.74) is 2.20. The van der Waals surface area contributed by atoms with Gasteiger partial charge in [-0.2, -0.15) is 0 Å². The maximum Gasteiger partial charge on any atom is 0.265 e. The van der Waals surface area contributed by atoms with Crippen LogP contribution in [-0.4, -0.2) is 26.0 Å². The SMILES string of the molecule is COc1cc(CCC(=O)Nc2cccc(NC(=O)c3cccs3)c2)cc(OC)c1. The summed E-state index contributed by atoms with van der Waals surface area (Å²) in [6.45, 7) is 0. The van der Waals surface area contributed by atoms with Crippen LogP contribution in [-0.2, 0) is 11.2 Å². The summed E-state index contributed by atoms with van der Waals surface area (Å²) in [6, 6.07) is 16.2. The van der Waals surface area contributed by atoms with E-state index in [4.69, 9.17) is 9.47 Å². The molecule has 0 fully saturated rings. The molecule has 0 spiro atoms. The number of aryl methyl sites for hydroxylation is 1. The summed E-state index contributed by atoms with van der Waals surface area (Å²) in [7, 11) is 3.19. The van der Waals surface area contributed by atoms with Gasteiger partial charge >= 0.3 is 0 Å². The predicted octanol–water partition coefficient (Wildman–Crippen LogP) is 4.59. The van der Waals surface area contributed by atoms with Gasteiger partial charge in [0.05, 0.1) is 19.1 Å². The van der Waals surface area contributed by atoms with Gasteiger partial charge in [-0.05, 0) is 53.8 Å². The number of anilines is 2. The molecule has 6 nitrogen and oxygen atoms in total. The summed E-state index contributed by atoms with van der Waals surface area (Å²) in [5, 5.41) is 7.55. The minimum absolute atomic E-state index is 0.117. The normalized spacial score (nSPS) is 10.3. The Morgan fingerprint density at radius 3 is 2.21 bits per heavy atom. The number of ether oxygens (including phenoxy) is 2. The Morgan fingerprint density at radius 1 is 0.897 bits per heavy atom. The molecule has 2 N–H and O–H groups in total. The first-order valence-electron chi connectivity index (χ1n) is 9.04. The van der Waals surface area contributed by atoms with Crippen LogP contribution in [0.1, 0.15) is 21.7 Å². The Balaban J connectivity index is 1.57. The van der Waals surface area contributed by atoms with Gasteiger partial charge in [-0.15, -0.1) is 11.3 Å². The first-order chi connectivity index (χ1) is 14.1. The van der Waals surface area contributed by atoms with Crippen LogP contribution in [0.15, 0.2) is 60.0 Å². The highest BCUT2D eigenvalue weighted by molar-refractivity contribution is 7.12. The quantitative estimate of drug-likeness (QED) is 0.569. The molecule has 3 aromatic rings.